The highest BCUT2D eigenvalue weighted by Gasteiger charge is 2.26. The number of aromatic nitrogens is 2. The van der Waals surface area contributed by atoms with Crippen molar-refractivity contribution >= 4 is 23.2 Å². The summed E-state index contributed by atoms with van der Waals surface area (Å²) in [6.45, 7) is 5.35. The lowest BCUT2D eigenvalue weighted by Crippen LogP contribution is -2.42. The molecular formula is C22H27ClN4O4. The normalized spacial score (nSPS) is 21.7. The minimum atomic E-state index is -0.384. The quantitative estimate of drug-likeness (QED) is 0.760. The van der Waals surface area contributed by atoms with Gasteiger partial charge in [-0.15, -0.1) is 0 Å². The van der Waals surface area contributed by atoms with Gasteiger partial charge < -0.3 is 19.7 Å². The van der Waals surface area contributed by atoms with Crippen LogP contribution in [0.25, 0.3) is 5.69 Å². The van der Waals surface area contributed by atoms with Gasteiger partial charge >= 0.3 is 0 Å². The standard InChI is InChI=1S/C22H27ClN4O4/c1-15(28)26-8-10-31-14-20(26)17-4-6-18(7-5-17)27-22(29)21(23)19(12-25-27)24-11-16-3-2-9-30-13-16/h4-7,12,16,20,24H,2-3,8-11,13-14H2,1H3. The number of benzene rings is 1. The third-order valence-electron chi connectivity index (χ3n) is 5.81. The van der Waals surface area contributed by atoms with E-state index in [1.165, 1.54) is 4.68 Å². The Morgan fingerprint density at radius 2 is 2.00 bits per heavy atom. The molecule has 2 atom stereocenters. The predicted molar refractivity (Wildman–Crippen MR) is 118 cm³/mol. The Balaban J connectivity index is 1.49. The lowest BCUT2D eigenvalue weighted by molar-refractivity contribution is -0.137. The number of nitrogens with one attached hydrogen (secondary N) is 1. The zero-order valence-corrected chi connectivity index (χ0v) is 18.3. The van der Waals surface area contributed by atoms with Crippen LogP contribution in [-0.2, 0) is 14.3 Å². The molecule has 2 fully saturated rings. The summed E-state index contributed by atoms with van der Waals surface area (Å²) in [4.78, 5) is 26.5. The van der Waals surface area contributed by atoms with Gasteiger partial charge in [0.25, 0.3) is 5.56 Å². The van der Waals surface area contributed by atoms with Gasteiger partial charge in [-0.3, -0.25) is 9.59 Å². The summed E-state index contributed by atoms with van der Waals surface area (Å²) >= 11 is 6.35. The second-order valence-electron chi connectivity index (χ2n) is 7.95. The number of anilines is 1. The van der Waals surface area contributed by atoms with Crippen molar-refractivity contribution in [2.45, 2.75) is 25.8 Å². The molecule has 3 heterocycles. The molecule has 4 rings (SSSR count). The number of carbonyl (C=O) groups excluding carboxylic acids is 1. The number of ether oxygens (including phenoxy) is 2. The summed E-state index contributed by atoms with van der Waals surface area (Å²) in [5.74, 6) is 0.419. The van der Waals surface area contributed by atoms with E-state index in [1.54, 1.807) is 30.2 Å². The highest BCUT2D eigenvalue weighted by molar-refractivity contribution is 6.32. The lowest BCUT2D eigenvalue weighted by atomic mass is 10.0. The Kier molecular flexibility index (Phi) is 6.89. The molecule has 166 valence electrons. The van der Waals surface area contributed by atoms with Crippen molar-refractivity contribution in [3.8, 4) is 5.69 Å². The first-order valence-electron chi connectivity index (χ1n) is 10.6. The number of morpholine rings is 1. The highest BCUT2D eigenvalue weighted by atomic mass is 35.5. The zero-order valence-electron chi connectivity index (χ0n) is 17.6. The van der Waals surface area contributed by atoms with Crippen molar-refractivity contribution in [1.29, 1.82) is 0 Å². The number of hydrogen-bond acceptors (Lipinski definition) is 6. The van der Waals surface area contributed by atoms with Crippen LogP contribution in [0.1, 0.15) is 31.4 Å². The number of halogens is 1. The summed E-state index contributed by atoms with van der Waals surface area (Å²) in [5, 5.41) is 7.64. The number of rotatable bonds is 5. The van der Waals surface area contributed by atoms with E-state index in [0.29, 0.717) is 50.2 Å². The number of hydrogen-bond donors (Lipinski definition) is 1. The fourth-order valence-electron chi connectivity index (χ4n) is 4.06. The van der Waals surface area contributed by atoms with Gasteiger partial charge in [-0.1, -0.05) is 23.7 Å². The van der Waals surface area contributed by atoms with Gasteiger partial charge in [0, 0.05) is 26.6 Å². The van der Waals surface area contributed by atoms with Gasteiger partial charge in [0.1, 0.15) is 5.02 Å². The van der Waals surface area contributed by atoms with Crippen molar-refractivity contribution in [2.24, 2.45) is 5.92 Å². The zero-order chi connectivity index (χ0) is 21.8. The van der Waals surface area contributed by atoms with Crippen LogP contribution in [0.3, 0.4) is 0 Å². The molecule has 0 bridgehead atoms. The summed E-state index contributed by atoms with van der Waals surface area (Å²) in [6.07, 6.45) is 3.72. The van der Waals surface area contributed by atoms with Crippen molar-refractivity contribution < 1.29 is 14.3 Å². The molecule has 31 heavy (non-hydrogen) atoms. The van der Waals surface area contributed by atoms with Gasteiger partial charge in [-0.05, 0) is 36.5 Å². The van der Waals surface area contributed by atoms with Crippen molar-refractivity contribution in [2.75, 3.05) is 44.8 Å². The second-order valence-corrected chi connectivity index (χ2v) is 8.33. The predicted octanol–water partition coefficient (Wildman–Crippen LogP) is 2.64. The molecule has 2 unspecified atom stereocenters. The fraction of sp³-hybridized carbons (Fsp3) is 0.500. The molecule has 0 aliphatic carbocycles. The Morgan fingerprint density at radius 1 is 1.23 bits per heavy atom. The van der Waals surface area contributed by atoms with Gasteiger partial charge in [0.2, 0.25) is 5.91 Å². The van der Waals surface area contributed by atoms with Crippen LogP contribution < -0.4 is 10.9 Å². The molecule has 1 aromatic carbocycles. The smallest absolute Gasteiger partial charge is 0.292 e. The summed E-state index contributed by atoms with van der Waals surface area (Å²) < 4.78 is 12.3. The summed E-state index contributed by atoms with van der Waals surface area (Å²) in [7, 11) is 0. The van der Waals surface area contributed by atoms with E-state index in [4.69, 9.17) is 21.1 Å². The van der Waals surface area contributed by atoms with Gasteiger partial charge in [0.05, 0.1) is 43.4 Å². The van der Waals surface area contributed by atoms with E-state index in [9.17, 15) is 9.59 Å². The Morgan fingerprint density at radius 3 is 2.71 bits per heavy atom. The van der Waals surface area contributed by atoms with E-state index in [2.05, 4.69) is 10.4 Å². The van der Waals surface area contributed by atoms with Crippen LogP contribution in [0.15, 0.2) is 35.3 Å². The number of carbonyl (C=O) groups is 1. The molecule has 9 heteroatoms. The maximum atomic E-state index is 12.8. The molecule has 2 aliphatic rings. The van der Waals surface area contributed by atoms with Crippen molar-refractivity contribution in [1.82, 2.24) is 14.7 Å². The first kappa shape index (κ1) is 21.8. The Hall–Kier alpha value is -2.42. The van der Waals surface area contributed by atoms with Crippen LogP contribution in [0.5, 0.6) is 0 Å². The average Bonchev–Trinajstić information content (AvgIpc) is 2.81. The van der Waals surface area contributed by atoms with Crippen LogP contribution in [0.2, 0.25) is 5.02 Å². The van der Waals surface area contributed by atoms with Crippen LogP contribution in [0, 0.1) is 5.92 Å². The molecule has 0 saturated carbocycles. The second kappa shape index (κ2) is 9.80. The van der Waals surface area contributed by atoms with E-state index < -0.39 is 0 Å². The maximum absolute atomic E-state index is 12.8. The molecule has 1 amide bonds. The van der Waals surface area contributed by atoms with Crippen molar-refractivity contribution in [3.63, 3.8) is 0 Å². The summed E-state index contributed by atoms with van der Waals surface area (Å²) in [5.41, 5.74) is 1.70. The molecule has 8 nitrogen and oxygen atoms in total. The minimum absolute atomic E-state index is 0.0184. The number of nitrogens with zero attached hydrogens (tertiary/aromatic N) is 3. The Bertz CT molecular complexity index is 972. The monoisotopic (exact) mass is 446 g/mol. The molecular weight excluding hydrogens is 420 g/mol. The highest BCUT2D eigenvalue weighted by Crippen LogP contribution is 2.25. The fourth-order valence-corrected chi connectivity index (χ4v) is 4.25. The SMILES string of the molecule is CC(=O)N1CCOCC1c1ccc(-n2ncc(NCC3CCCOC3)c(Cl)c2=O)cc1. The lowest BCUT2D eigenvalue weighted by Gasteiger charge is -2.35. The van der Waals surface area contributed by atoms with Crippen LogP contribution >= 0.6 is 11.6 Å². The molecule has 2 saturated heterocycles. The van der Waals surface area contributed by atoms with Gasteiger partial charge in [-0.2, -0.15) is 9.78 Å². The van der Waals surface area contributed by atoms with Gasteiger partial charge in [0.15, 0.2) is 0 Å². The maximum Gasteiger partial charge on any atom is 0.292 e. The van der Waals surface area contributed by atoms with E-state index in [-0.39, 0.29) is 22.5 Å². The average molecular weight is 447 g/mol. The van der Waals surface area contributed by atoms with Gasteiger partial charge in [-0.25, -0.2) is 0 Å². The first-order chi connectivity index (χ1) is 15.0. The van der Waals surface area contributed by atoms with Crippen LogP contribution in [-0.4, -0.2) is 60.1 Å². The molecule has 0 spiro atoms. The topological polar surface area (TPSA) is 85.7 Å². The van der Waals surface area contributed by atoms with Crippen LogP contribution in [0.4, 0.5) is 5.69 Å². The molecule has 0 radical (unpaired) electrons. The van der Waals surface area contributed by atoms with E-state index in [1.807, 2.05) is 12.1 Å². The molecule has 1 aromatic heterocycles. The van der Waals surface area contributed by atoms with Crippen molar-refractivity contribution in [3.05, 3.63) is 51.4 Å². The van der Waals surface area contributed by atoms with E-state index in [0.717, 1.165) is 25.0 Å². The summed E-state index contributed by atoms with van der Waals surface area (Å²) in [6, 6.07) is 7.26. The largest absolute Gasteiger partial charge is 0.382 e. The Labute approximate surface area is 186 Å². The van der Waals surface area contributed by atoms with E-state index >= 15 is 0 Å². The third kappa shape index (κ3) is 4.92. The first-order valence-corrected chi connectivity index (χ1v) is 11.0. The third-order valence-corrected chi connectivity index (χ3v) is 6.18. The molecule has 2 aromatic rings. The molecule has 2 aliphatic heterocycles. The minimum Gasteiger partial charge on any atom is -0.382 e. The number of amides is 1. The molecule has 1 N–H and O–H groups in total.